The van der Waals surface area contributed by atoms with E-state index in [0.717, 1.165) is 10.5 Å². The summed E-state index contributed by atoms with van der Waals surface area (Å²) in [5, 5.41) is 11.0. The van der Waals surface area contributed by atoms with Gasteiger partial charge in [-0.05, 0) is 30.3 Å². The second-order valence-corrected chi connectivity index (χ2v) is 4.78. The molecule has 15 heavy (non-hydrogen) atoms. The van der Waals surface area contributed by atoms with Crippen LogP contribution in [0.3, 0.4) is 0 Å². The molecule has 1 atom stereocenters. The number of nitriles is 1. The molecule has 0 aliphatic carbocycles. The maximum atomic E-state index is 8.95. The molecule has 1 aromatic rings. The molecule has 0 radical (unpaired) electrons. The van der Waals surface area contributed by atoms with Gasteiger partial charge in [-0.2, -0.15) is 5.26 Å². The van der Waals surface area contributed by atoms with Crippen LogP contribution in [-0.2, 0) is 0 Å². The summed E-state index contributed by atoms with van der Waals surface area (Å²) in [5.41, 5.74) is 0.854. The summed E-state index contributed by atoms with van der Waals surface area (Å²) in [6.07, 6.45) is 0. The monoisotopic (exact) mass is 238 g/mol. The number of rotatable bonds is 1. The Morgan fingerprint density at radius 1 is 1.47 bits per heavy atom. The van der Waals surface area contributed by atoms with Gasteiger partial charge in [0.15, 0.2) is 0 Å². The third kappa shape index (κ3) is 2.63. The summed E-state index contributed by atoms with van der Waals surface area (Å²) in [6, 6.07) is 6.42. The van der Waals surface area contributed by atoms with E-state index in [-0.39, 0.29) is 6.04 Å². The lowest BCUT2D eigenvalue weighted by atomic mass is 10.1. The van der Waals surface area contributed by atoms with E-state index in [0.29, 0.717) is 0 Å². The smallest absolute Gasteiger partial charge is 0.0976 e. The van der Waals surface area contributed by atoms with Crippen molar-refractivity contribution in [2.24, 2.45) is 0 Å². The van der Waals surface area contributed by atoms with Gasteiger partial charge in [0.2, 0.25) is 0 Å². The van der Waals surface area contributed by atoms with E-state index >= 15 is 0 Å². The normalized spacial score (nSPS) is 19.5. The first-order chi connectivity index (χ1) is 7.33. The molecule has 4 heteroatoms. The average Bonchev–Trinajstić information content (AvgIpc) is 2.89. The summed E-state index contributed by atoms with van der Waals surface area (Å²) in [4.78, 5) is 2.29. The third-order valence-corrected chi connectivity index (χ3v) is 3.76. The van der Waals surface area contributed by atoms with Crippen LogP contribution in [0.4, 0.5) is 0 Å². The van der Waals surface area contributed by atoms with Crippen LogP contribution in [0.2, 0.25) is 0 Å². The molecule has 0 saturated carbocycles. The van der Waals surface area contributed by atoms with Gasteiger partial charge in [-0.25, -0.2) is 4.72 Å². The van der Waals surface area contributed by atoms with Gasteiger partial charge in [-0.3, -0.25) is 0 Å². The Morgan fingerprint density at radius 3 is 2.73 bits per heavy atom. The van der Waals surface area contributed by atoms with Gasteiger partial charge in [0.1, 0.15) is 0 Å². The molecule has 2 heterocycles. The second-order valence-electron chi connectivity index (χ2n) is 2.75. The number of hydrogen-bond donors (Lipinski definition) is 1. The lowest BCUT2D eigenvalue weighted by molar-refractivity contribution is 0.841. The van der Waals surface area contributed by atoms with E-state index in [1.807, 2.05) is 32.2 Å². The van der Waals surface area contributed by atoms with Crippen LogP contribution in [0.5, 0.6) is 0 Å². The molecule has 0 aromatic carbocycles. The van der Waals surface area contributed by atoms with Crippen LogP contribution in [0.15, 0.2) is 28.0 Å². The Balaban J connectivity index is 0.000000531. The molecule has 1 aromatic heterocycles. The molecule has 1 unspecified atom stereocenters. The minimum absolute atomic E-state index is 0.106. The Labute approximate surface area is 99.1 Å². The number of allylic oxidation sites excluding steroid dienone is 1. The van der Waals surface area contributed by atoms with Crippen molar-refractivity contribution in [2.45, 2.75) is 26.8 Å². The van der Waals surface area contributed by atoms with Gasteiger partial charge in [0.25, 0.3) is 0 Å². The van der Waals surface area contributed by atoms with E-state index in [4.69, 9.17) is 5.26 Å². The molecule has 0 amide bonds. The predicted octanol–water partition coefficient (Wildman–Crippen LogP) is 3.86. The zero-order valence-corrected chi connectivity index (χ0v) is 10.7. The number of nitrogens with one attached hydrogen (secondary N) is 1. The molecule has 0 spiro atoms. The van der Waals surface area contributed by atoms with E-state index in [9.17, 15) is 0 Å². The van der Waals surface area contributed by atoms with Crippen LogP contribution >= 0.6 is 23.3 Å². The van der Waals surface area contributed by atoms with Crippen molar-refractivity contribution in [3.05, 3.63) is 32.9 Å². The first kappa shape index (κ1) is 12.3. The number of nitrogens with zero attached hydrogens (tertiary/aromatic N) is 1. The van der Waals surface area contributed by atoms with Crippen molar-refractivity contribution in [3.8, 4) is 6.07 Å². The van der Waals surface area contributed by atoms with Crippen molar-refractivity contribution in [3.63, 3.8) is 0 Å². The molecule has 1 aliphatic rings. The summed E-state index contributed by atoms with van der Waals surface area (Å²) < 4.78 is 3.24. The summed E-state index contributed by atoms with van der Waals surface area (Å²) in [7, 11) is 0. The molecule has 1 N–H and O–H groups in total. The Morgan fingerprint density at radius 2 is 2.20 bits per heavy atom. The lowest BCUT2D eigenvalue weighted by Crippen LogP contribution is -2.08. The summed E-state index contributed by atoms with van der Waals surface area (Å²) >= 11 is 3.23. The van der Waals surface area contributed by atoms with Crippen LogP contribution in [0, 0.1) is 11.3 Å². The Hall–Kier alpha value is -0.760. The van der Waals surface area contributed by atoms with Crippen molar-refractivity contribution in [2.75, 3.05) is 0 Å². The highest BCUT2D eigenvalue weighted by atomic mass is 32.2. The largest absolute Gasteiger partial charge is 0.247 e. The fourth-order valence-corrected chi connectivity index (χ4v) is 2.94. The highest BCUT2D eigenvalue weighted by Gasteiger charge is 2.25. The molecule has 2 nitrogen and oxygen atoms in total. The average molecular weight is 238 g/mol. The van der Waals surface area contributed by atoms with Gasteiger partial charge < -0.3 is 0 Å². The van der Waals surface area contributed by atoms with Gasteiger partial charge >= 0.3 is 0 Å². The van der Waals surface area contributed by atoms with Crippen LogP contribution < -0.4 is 4.72 Å². The van der Waals surface area contributed by atoms with Crippen LogP contribution in [0.1, 0.15) is 31.7 Å². The second kappa shape index (κ2) is 5.96. The third-order valence-electron chi connectivity index (χ3n) is 1.95. The van der Waals surface area contributed by atoms with Crippen molar-refractivity contribution in [1.29, 1.82) is 5.26 Å². The van der Waals surface area contributed by atoms with Gasteiger partial charge in [-0.15, -0.1) is 11.3 Å². The Kier molecular flexibility index (Phi) is 4.89. The molecule has 0 bridgehead atoms. The van der Waals surface area contributed by atoms with Crippen LogP contribution in [0.25, 0.3) is 0 Å². The fraction of sp³-hybridized carbons (Fsp3) is 0.364. The van der Waals surface area contributed by atoms with Crippen molar-refractivity contribution >= 4 is 23.3 Å². The minimum atomic E-state index is 0.106. The van der Waals surface area contributed by atoms with Gasteiger partial charge in [-0.1, -0.05) is 19.9 Å². The molecule has 80 valence electrons. The standard InChI is InChI=1S/C9H8N2S2.C2H6/c1-6-7(5-10)9(11-13-6)8-3-2-4-12-8;1-2/h2-4,9,11H,1H3;1-2H3. The highest BCUT2D eigenvalue weighted by Crippen LogP contribution is 2.38. The van der Waals surface area contributed by atoms with Crippen molar-refractivity contribution in [1.82, 2.24) is 4.72 Å². The lowest BCUT2D eigenvalue weighted by Gasteiger charge is -2.06. The predicted molar refractivity (Wildman–Crippen MR) is 67.4 cm³/mol. The van der Waals surface area contributed by atoms with Gasteiger partial charge in [0.05, 0.1) is 17.7 Å². The Bertz CT molecular complexity index is 374. The molecular weight excluding hydrogens is 224 g/mol. The maximum Gasteiger partial charge on any atom is 0.0976 e. The van der Waals surface area contributed by atoms with Gasteiger partial charge in [0, 0.05) is 9.78 Å². The minimum Gasteiger partial charge on any atom is -0.247 e. The van der Waals surface area contributed by atoms with Crippen LogP contribution in [-0.4, -0.2) is 0 Å². The number of hydrogen-bond acceptors (Lipinski definition) is 4. The first-order valence-electron chi connectivity index (χ1n) is 4.89. The summed E-state index contributed by atoms with van der Waals surface area (Å²) in [6.45, 7) is 5.98. The molecule has 0 fully saturated rings. The highest BCUT2D eigenvalue weighted by molar-refractivity contribution is 8.01. The molecule has 2 rings (SSSR count). The molecule has 0 saturated heterocycles. The van der Waals surface area contributed by atoms with E-state index in [2.05, 4.69) is 16.9 Å². The van der Waals surface area contributed by atoms with E-state index < -0.39 is 0 Å². The quantitative estimate of drug-likeness (QED) is 0.755. The zero-order chi connectivity index (χ0) is 11.3. The van der Waals surface area contributed by atoms with E-state index in [1.54, 1.807) is 23.3 Å². The SMILES string of the molecule is CC.CC1=C(C#N)C(c2cccs2)NS1. The number of thiophene rings is 1. The first-order valence-corrected chi connectivity index (χ1v) is 6.59. The van der Waals surface area contributed by atoms with Crippen molar-refractivity contribution < 1.29 is 0 Å². The van der Waals surface area contributed by atoms with E-state index in [1.165, 1.54) is 4.88 Å². The summed E-state index contributed by atoms with van der Waals surface area (Å²) in [5.74, 6) is 0. The maximum absolute atomic E-state index is 8.95. The molecule has 1 aliphatic heterocycles. The zero-order valence-electron chi connectivity index (χ0n) is 9.07. The topological polar surface area (TPSA) is 35.8 Å². The fourth-order valence-electron chi connectivity index (χ4n) is 1.26. The molecular formula is C11H14N2S2.